The molecule has 1 aliphatic heterocycles. The van der Waals surface area contributed by atoms with Crippen molar-refractivity contribution in [2.75, 3.05) is 19.3 Å². The molecule has 2 aliphatic rings. The van der Waals surface area contributed by atoms with Crippen LogP contribution in [0.3, 0.4) is 0 Å². The Bertz CT molecular complexity index is 531. The highest BCUT2D eigenvalue weighted by Gasteiger charge is 2.29. The van der Waals surface area contributed by atoms with E-state index in [-0.39, 0.29) is 12.1 Å². The molecule has 2 fully saturated rings. The fourth-order valence-electron chi connectivity index (χ4n) is 3.13. The van der Waals surface area contributed by atoms with Gasteiger partial charge in [0.25, 0.3) is 0 Å². The van der Waals surface area contributed by atoms with Crippen molar-refractivity contribution in [3.63, 3.8) is 0 Å². The van der Waals surface area contributed by atoms with Crippen molar-refractivity contribution in [1.82, 2.24) is 20.5 Å². The van der Waals surface area contributed by atoms with E-state index in [4.69, 9.17) is 0 Å². The molecule has 1 aliphatic carbocycles. The van der Waals surface area contributed by atoms with E-state index in [9.17, 15) is 18.0 Å². The molecule has 0 aromatic carbocycles. The minimum Gasteiger partial charge on any atom is -0.335 e. The molecule has 3 N–H and O–H groups in total. The Morgan fingerprint density at radius 1 is 1.04 bits per heavy atom. The number of urea groups is 1. The molecule has 0 aromatic rings. The molecule has 1 atom stereocenters. The number of carbonyl (C=O) groups is 2. The molecule has 0 radical (unpaired) electrons. The third-order valence-corrected chi connectivity index (χ3v) is 4.84. The third kappa shape index (κ3) is 5.98. The lowest BCUT2D eigenvalue weighted by Crippen LogP contribution is -2.53. The first-order valence-electron chi connectivity index (χ1n) is 8.17. The number of hydrogen-bond acceptors (Lipinski definition) is 4. The number of rotatable bonds is 4. The molecular weight excluding hydrogens is 320 g/mol. The van der Waals surface area contributed by atoms with Gasteiger partial charge in [0, 0.05) is 19.1 Å². The molecule has 23 heavy (non-hydrogen) atoms. The zero-order chi connectivity index (χ0) is 16.9. The van der Waals surface area contributed by atoms with Crippen LogP contribution in [-0.2, 0) is 14.8 Å². The fraction of sp³-hybridized carbons (Fsp3) is 0.857. The smallest absolute Gasteiger partial charge is 0.317 e. The highest BCUT2D eigenvalue weighted by Crippen LogP contribution is 2.20. The van der Waals surface area contributed by atoms with E-state index in [0.29, 0.717) is 19.5 Å². The molecule has 132 valence electrons. The van der Waals surface area contributed by atoms with Gasteiger partial charge < -0.3 is 10.2 Å². The quantitative estimate of drug-likeness (QED) is 0.637. The van der Waals surface area contributed by atoms with Crippen LogP contribution in [0.2, 0.25) is 0 Å². The average molecular weight is 346 g/mol. The van der Waals surface area contributed by atoms with E-state index in [1.54, 1.807) is 4.90 Å². The number of carbonyl (C=O) groups excluding carboxylic acids is 2. The highest BCUT2D eigenvalue weighted by atomic mass is 32.2. The first-order chi connectivity index (χ1) is 10.8. The van der Waals surface area contributed by atoms with Gasteiger partial charge in [0.1, 0.15) is 0 Å². The van der Waals surface area contributed by atoms with Crippen molar-refractivity contribution in [3.05, 3.63) is 0 Å². The van der Waals surface area contributed by atoms with Crippen molar-refractivity contribution in [1.29, 1.82) is 0 Å². The molecule has 1 saturated carbocycles. The SMILES string of the molecule is CS(=O)(=O)NNC(=O)C1CCCN(C(=O)NC2CCCCC2)C1. The Balaban J connectivity index is 1.82. The van der Waals surface area contributed by atoms with Crippen molar-refractivity contribution in [2.45, 2.75) is 51.0 Å². The Morgan fingerprint density at radius 2 is 1.74 bits per heavy atom. The van der Waals surface area contributed by atoms with Crippen LogP contribution in [0.4, 0.5) is 4.79 Å². The van der Waals surface area contributed by atoms with Crippen LogP contribution in [0.25, 0.3) is 0 Å². The number of nitrogens with zero attached hydrogens (tertiary/aromatic N) is 1. The topological polar surface area (TPSA) is 108 Å². The summed E-state index contributed by atoms with van der Waals surface area (Å²) in [4.78, 5) is 28.0. The number of sulfonamides is 1. The number of nitrogens with one attached hydrogen (secondary N) is 3. The largest absolute Gasteiger partial charge is 0.335 e. The zero-order valence-electron chi connectivity index (χ0n) is 13.5. The number of hydrazine groups is 1. The van der Waals surface area contributed by atoms with E-state index in [1.165, 1.54) is 6.42 Å². The number of hydrogen-bond donors (Lipinski definition) is 3. The van der Waals surface area contributed by atoms with E-state index in [0.717, 1.165) is 38.4 Å². The van der Waals surface area contributed by atoms with Crippen LogP contribution in [0.15, 0.2) is 0 Å². The van der Waals surface area contributed by atoms with Gasteiger partial charge >= 0.3 is 6.03 Å². The maximum atomic E-state index is 12.3. The summed E-state index contributed by atoms with van der Waals surface area (Å²) in [6.07, 6.45) is 7.90. The number of likely N-dealkylation sites (tertiary alicyclic amines) is 1. The van der Waals surface area contributed by atoms with Crippen LogP contribution in [0, 0.1) is 5.92 Å². The summed E-state index contributed by atoms with van der Waals surface area (Å²) in [6, 6.07) is 0.114. The van der Waals surface area contributed by atoms with E-state index < -0.39 is 21.8 Å². The standard InChI is InChI=1S/C14H26N4O4S/c1-23(21,22)17-16-13(19)11-6-5-9-18(10-11)14(20)15-12-7-3-2-4-8-12/h11-12,17H,2-10H2,1H3,(H,15,20)(H,16,19). The second-order valence-electron chi connectivity index (χ2n) is 6.43. The van der Waals surface area contributed by atoms with Crippen LogP contribution < -0.4 is 15.6 Å². The normalized spacial score (nSPS) is 23.3. The molecule has 0 spiro atoms. The lowest BCUT2D eigenvalue weighted by Gasteiger charge is -2.34. The van der Waals surface area contributed by atoms with Crippen LogP contribution in [0.1, 0.15) is 44.9 Å². The summed E-state index contributed by atoms with van der Waals surface area (Å²) >= 11 is 0. The molecule has 0 aromatic heterocycles. The van der Waals surface area contributed by atoms with E-state index in [1.807, 2.05) is 4.83 Å². The van der Waals surface area contributed by atoms with Crippen molar-refractivity contribution < 1.29 is 18.0 Å². The highest BCUT2D eigenvalue weighted by molar-refractivity contribution is 7.88. The van der Waals surface area contributed by atoms with Crippen molar-refractivity contribution >= 4 is 22.0 Å². The second kappa shape index (κ2) is 7.96. The predicted octanol–water partition coefficient (Wildman–Crippen LogP) is 0.321. The summed E-state index contributed by atoms with van der Waals surface area (Å²) in [5.74, 6) is -0.791. The van der Waals surface area contributed by atoms with Gasteiger partial charge in [-0.3, -0.25) is 10.2 Å². The summed E-state index contributed by atoms with van der Waals surface area (Å²) in [6.45, 7) is 0.942. The van der Waals surface area contributed by atoms with Crippen LogP contribution in [0.5, 0.6) is 0 Å². The monoisotopic (exact) mass is 346 g/mol. The average Bonchev–Trinajstić information content (AvgIpc) is 2.53. The van der Waals surface area contributed by atoms with Crippen LogP contribution >= 0.6 is 0 Å². The van der Waals surface area contributed by atoms with Crippen LogP contribution in [-0.4, -0.2) is 50.6 Å². The second-order valence-corrected chi connectivity index (χ2v) is 8.18. The zero-order valence-corrected chi connectivity index (χ0v) is 14.3. The molecule has 9 heteroatoms. The van der Waals surface area contributed by atoms with Crippen molar-refractivity contribution in [3.8, 4) is 0 Å². The Morgan fingerprint density at radius 3 is 2.39 bits per heavy atom. The molecule has 1 unspecified atom stereocenters. The van der Waals surface area contributed by atoms with Gasteiger partial charge in [-0.05, 0) is 25.7 Å². The third-order valence-electron chi connectivity index (χ3n) is 4.37. The van der Waals surface area contributed by atoms with E-state index >= 15 is 0 Å². The lowest BCUT2D eigenvalue weighted by atomic mass is 9.95. The predicted molar refractivity (Wildman–Crippen MR) is 85.8 cm³/mol. The number of piperidine rings is 1. The van der Waals surface area contributed by atoms with E-state index in [2.05, 4.69) is 10.7 Å². The molecule has 2 rings (SSSR count). The molecule has 3 amide bonds. The fourth-order valence-corrected chi connectivity index (χ4v) is 3.42. The minimum absolute atomic E-state index is 0.120. The summed E-state index contributed by atoms with van der Waals surface area (Å²) in [7, 11) is -3.48. The molecule has 0 bridgehead atoms. The van der Waals surface area contributed by atoms with Gasteiger partial charge in [0.05, 0.1) is 12.2 Å². The van der Waals surface area contributed by atoms with Gasteiger partial charge in [-0.25, -0.2) is 13.2 Å². The molecular formula is C14H26N4O4S. The lowest BCUT2D eigenvalue weighted by molar-refractivity contribution is -0.126. The Kier molecular flexibility index (Phi) is 6.23. The molecule has 8 nitrogen and oxygen atoms in total. The van der Waals surface area contributed by atoms with Gasteiger partial charge in [-0.1, -0.05) is 19.3 Å². The molecule has 1 saturated heterocycles. The van der Waals surface area contributed by atoms with Gasteiger partial charge in [0.15, 0.2) is 0 Å². The maximum Gasteiger partial charge on any atom is 0.317 e. The first kappa shape index (κ1) is 18.0. The Labute approximate surface area is 137 Å². The molecule has 1 heterocycles. The van der Waals surface area contributed by atoms with Gasteiger partial charge in [0.2, 0.25) is 15.9 Å². The Hall–Kier alpha value is -1.35. The number of amides is 3. The minimum atomic E-state index is -3.48. The summed E-state index contributed by atoms with van der Waals surface area (Å²) in [5, 5.41) is 3.05. The van der Waals surface area contributed by atoms with Crippen molar-refractivity contribution in [2.24, 2.45) is 5.92 Å². The maximum absolute atomic E-state index is 12.3. The summed E-state index contributed by atoms with van der Waals surface area (Å²) < 4.78 is 22.0. The first-order valence-corrected chi connectivity index (χ1v) is 10.1. The summed E-state index contributed by atoms with van der Waals surface area (Å²) in [5.41, 5.74) is 2.20. The van der Waals surface area contributed by atoms with Gasteiger partial charge in [-0.2, -0.15) is 0 Å². The van der Waals surface area contributed by atoms with Gasteiger partial charge in [-0.15, -0.1) is 4.83 Å².